The third-order valence-electron chi connectivity index (χ3n) is 5.69. The van der Waals surface area contributed by atoms with Crippen molar-refractivity contribution in [1.29, 1.82) is 0 Å². The van der Waals surface area contributed by atoms with Crippen molar-refractivity contribution in [1.82, 2.24) is 15.5 Å². The van der Waals surface area contributed by atoms with Crippen LogP contribution in [-0.4, -0.2) is 51.3 Å². The SMILES string of the molecule is CCNC(=NCc1ccccc1COC)NCC(c1cccc(OC)c1)N1CCCC1.I. The van der Waals surface area contributed by atoms with Crippen LogP contribution < -0.4 is 15.4 Å². The molecule has 0 bridgehead atoms. The Morgan fingerprint density at radius 2 is 1.78 bits per heavy atom. The summed E-state index contributed by atoms with van der Waals surface area (Å²) in [5.41, 5.74) is 3.64. The number of ether oxygens (including phenoxy) is 2. The largest absolute Gasteiger partial charge is 0.497 e. The molecule has 0 radical (unpaired) electrons. The zero-order chi connectivity index (χ0) is 21.9. The minimum atomic E-state index is 0. The smallest absolute Gasteiger partial charge is 0.191 e. The molecular formula is C25H37IN4O2. The average molecular weight is 553 g/mol. The summed E-state index contributed by atoms with van der Waals surface area (Å²) in [4.78, 5) is 7.40. The lowest BCUT2D eigenvalue weighted by Crippen LogP contribution is -2.42. The first-order valence-corrected chi connectivity index (χ1v) is 11.2. The number of benzene rings is 2. The molecule has 2 aromatic rings. The predicted molar refractivity (Wildman–Crippen MR) is 142 cm³/mol. The summed E-state index contributed by atoms with van der Waals surface area (Å²) in [6.45, 7) is 7.17. The molecule has 6 nitrogen and oxygen atoms in total. The van der Waals surface area contributed by atoms with Gasteiger partial charge in [0, 0.05) is 20.2 Å². The lowest BCUT2D eigenvalue weighted by molar-refractivity contribution is 0.184. The van der Waals surface area contributed by atoms with E-state index in [1.54, 1.807) is 14.2 Å². The van der Waals surface area contributed by atoms with Crippen LogP contribution in [0, 0.1) is 0 Å². The summed E-state index contributed by atoms with van der Waals surface area (Å²) in [7, 11) is 3.45. The van der Waals surface area contributed by atoms with E-state index in [0.717, 1.165) is 37.9 Å². The maximum atomic E-state index is 5.47. The van der Waals surface area contributed by atoms with Crippen molar-refractivity contribution in [3.8, 4) is 5.75 Å². The minimum absolute atomic E-state index is 0. The van der Waals surface area contributed by atoms with Crippen LogP contribution in [0.15, 0.2) is 53.5 Å². The summed E-state index contributed by atoms with van der Waals surface area (Å²) in [6, 6.07) is 17.0. The number of aliphatic imine (C=N–C) groups is 1. The van der Waals surface area contributed by atoms with Crippen LogP contribution in [0.25, 0.3) is 0 Å². The van der Waals surface area contributed by atoms with Crippen molar-refractivity contribution in [3.05, 3.63) is 65.2 Å². The van der Waals surface area contributed by atoms with Gasteiger partial charge < -0.3 is 20.1 Å². The molecule has 1 aliphatic heterocycles. The molecule has 1 heterocycles. The van der Waals surface area contributed by atoms with Gasteiger partial charge in [-0.2, -0.15) is 0 Å². The number of guanidine groups is 1. The Kier molecular flexibility index (Phi) is 11.8. The first-order chi connectivity index (χ1) is 15.2. The topological polar surface area (TPSA) is 58.1 Å². The highest BCUT2D eigenvalue weighted by Gasteiger charge is 2.24. The van der Waals surface area contributed by atoms with E-state index < -0.39 is 0 Å². The quantitative estimate of drug-likeness (QED) is 0.261. The van der Waals surface area contributed by atoms with Gasteiger partial charge in [-0.25, -0.2) is 4.99 Å². The van der Waals surface area contributed by atoms with Gasteiger partial charge in [0.2, 0.25) is 0 Å². The van der Waals surface area contributed by atoms with Crippen LogP contribution in [0.2, 0.25) is 0 Å². The van der Waals surface area contributed by atoms with E-state index in [9.17, 15) is 0 Å². The lowest BCUT2D eigenvalue weighted by Gasteiger charge is -2.29. The Balaban J connectivity index is 0.00000363. The third-order valence-corrected chi connectivity index (χ3v) is 5.69. The molecule has 1 atom stereocenters. The summed E-state index contributed by atoms with van der Waals surface area (Å²) in [6.07, 6.45) is 2.51. The molecule has 2 N–H and O–H groups in total. The molecule has 0 aromatic heterocycles. The number of likely N-dealkylation sites (tertiary alicyclic amines) is 1. The second-order valence-electron chi connectivity index (χ2n) is 7.81. The zero-order valence-corrected chi connectivity index (χ0v) is 21.8. The van der Waals surface area contributed by atoms with E-state index >= 15 is 0 Å². The van der Waals surface area contributed by atoms with E-state index in [1.807, 2.05) is 12.1 Å². The molecule has 0 saturated carbocycles. The minimum Gasteiger partial charge on any atom is -0.497 e. The highest BCUT2D eigenvalue weighted by Crippen LogP contribution is 2.27. The fourth-order valence-electron chi connectivity index (χ4n) is 4.07. The summed E-state index contributed by atoms with van der Waals surface area (Å²) < 4.78 is 10.8. The van der Waals surface area contributed by atoms with Gasteiger partial charge >= 0.3 is 0 Å². The van der Waals surface area contributed by atoms with E-state index in [1.165, 1.54) is 29.5 Å². The zero-order valence-electron chi connectivity index (χ0n) is 19.5. The van der Waals surface area contributed by atoms with Crippen molar-refractivity contribution in [2.24, 2.45) is 4.99 Å². The Labute approximate surface area is 209 Å². The number of nitrogens with one attached hydrogen (secondary N) is 2. The molecule has 1 unspecified atom stereocenters. The Morgan fingerprint density at radius 3 is 2.47 bits per heavy atom. The number of nitrogens with zero attached hydrogens (tertiary/aromatic N) is 2. The summed E-state index contributed by atoms with van der Waals surface area (Å²) in [5.74, 6) is 1.74. The molecule has 1 aliphatic rings. The van der Waals surface area contributed by atoms with Gasteiger partial charge in [0.05, 0.1) is 26.3 Å². The second-order valence-corrected chi connectivity index (χ2v) is 7.81. The number of hydrogen-bond acceptors (Lipinski definition) is 4. The van der Waals surface area contributed by atoms with E-state index in [-0.39, 0.29) is 30.0 Å². The van der Waals surface area contributed by atoms with Crippen LogP contribution in [0.4, 0.5) is 0 Å². The van der Waals surface area contributed by atoms with Crippen LogP contribution in [0.1, 0.15) is 42.5 Å². The monoisotopic (exact) mass is 552 g/mol. The van der Waals surface area contributed by atoms with Crippen molar-refractivity contribution in [3.63, 3.8) is 0 Å². The second kappa shape index (κ2) is 14.3. The van der Waals surface area contributed by atoms with E-state index in [0.29, 0.717) is 13.2 Å². The van der Waals surface area contributed by atoms with Crippen LogP contribution in [0.5, 0.6) is 5.75 Å². The molecule has 3 rings (SSSR count). The Hall–Kier alpha value is -1.84. The molecule has 0 amide bonds. The van der Waals surface area contributed by atoms with E-state index in [4.69, 9.17) is 14.5 Å². The normalized spacial score (nSPS) is 15.2. The molecule has 0 spiro atoms. The molecule has 1 fully saturated rings. The highest BCUT2D eigenvalue weighted by atomic mass is 127. The summed E-state index contributed by atoms with van der Waals surface area (Å²) in [5, 5.41) is 6.97. The molecule has 32 heavy (non-hydrogen) atoms. The average Bonchev–Trinajstić information content (AvgIpc) is 3.33. The van der Waals surface area contributed by atoms with Gasteiger partial charge in [-0.15, -0.1) is 24.0 Å². The molecule has 1 saturated heterocycles. The number of hydrogen-bond donors (Lipinski definition) is 2. The fourth-order valence-corrected chi connectivity index (χ4v) is 4.07. The van der Waals surface area contributed by atoms with E-state index in [2.05, 4.69) is 58.9 Å². The number of methoxy groups -OCH3 is 2. The van der Waals surface area contributed by atoms with Gasteiger partial charge in [-0.3, -0.25) is 4.90 Å². The standard InChI is InChI=1S/C25H36N4O2.HI/c1-4-26-25(27-17-21-10-5-6-11-22(21)19-30-2)28-18-24(29-14-7-8-15-29)20-12-9-13-23(16-20)31-3;/h5-6,9-13,16,24H,4,7-8,14-15,17-19H2,1-3H3,(H2,26,27,28);1H. The maximum Gasteiger partial charge on any atom is 0.191 e. The first kappa shape index (κ1) is 26.4. The van der Waals surface area contributed by atoms with Crippen molar-refractivity contribution >= 4 is 29.9 Å². The fraction of sp³-hybridized carbons (Fsp3) is 0.480. The number of halogens is 1. The lowest BCUT2D eigenvalue weighted by atomic mass is 10.1. The third kappa shape index (κ3) is 7.64. The van der Waals surface area contributed by atoms with Gasteiger partial charge in [0.1, 0.15) is 5.75 Å². The van der Waals surface area contributed by atoms with Crippen LogP contribution >= 0.6 is 24.0 Å². The molecule has 2 aromatic carbocycles. The Bertz CT molecular complexity index is 840. The van der Waals surface area contributed by atoms with Gasteiger partial charge in [0.25, 0.3) is 0 Å². The van der Waals surface area contributed by atoms with Crippen molar-refractivity contribution in [2.75, 3.05) is 40.4 Å². The Morgan fingerprint density at radius 1 is 1.03 bits per heavy atom. The number of rotatable bonds is 10. The van der Waals surface area contributed by atoms with Gasteiger partial charge in [-0.05, 0) is 61.7 Å². The maximum absolute atomic E-state index is 5.47. The predicted octanol–water partition coefficient (Wildman–Crippen LogP) is 4.35. The molecule has 0 aliphatic carbocycles. The molecule has 7 heteroatoms. The van der Waals surface area contributed by atoms with Crippen molar-refractivity contribution < 1.29 is 9.47 Å². The molecule has 176 valence electrons. The first-order valence-electron chi connectivity index (χ1n) is 11.2. The highest BCUT2D eigenvalue weighted by molar-refractivity contribution is 14.0. The van der Waals surface area contributed by atoms with Gasteiger partial charge in [0.15, 0.2) is 5.96 Å². The summed E-state index contributed by atoms with van der Waals surface area (Å²) >= 11 is 0. The molecular weight excluding hydrogens is 515 g/mol. The van der Waals surface area contributed by atoms with Gasteiger partial charge in [-0.1, -0.05) is 36.4 Å². The van der Waals surface area contributed by atoms with Crippen molar-refractivity contribution in [2.45, 2.75) is 39.0 Å². The van der Waals surface area contributed by atoms with Crippen LogP contribution in [-0.2, 0) is 17.9 Å². The van der Waals surface area contributed by atoms with Crippen LogP contribution in [0.3, 0.4) is 0 Å².